The van der Waals surface area contributed by atoms with Gasteiger partial charge in [-0.1, -0.05) is 30.3 Å². The summed E-state index contributed by atoms with van der Waals surface area (Å²) in [6.07, 6.45) is 1.54. The number of amides is 2. The van der Waals surface area contributed by atoms with E-state index in [2.05, 4.69) is 0 Å². The highest BCUT2D eigenvalue weighted by molar-refractivity contribution is 5.86. The second-order valence-corrected chi connectivity index (χ2v) is 5.73. The first-order valence-electron chi connectivity index (χ1n) is 7.96. The molecule has 0 radical (unpaired) electrons. The lowest BCUT2D eigenvalue weighted by molar-refractivity contribution is -0.134. The van der Waals surface area contributed by atoms with Gasteiger partial charge in [-0.2, -0.15) is 0 Å². The van der Waals surface area contributed by atoms with Crippen LogP contribution in [0.3, 0.4) is 0 Å². The van der Waals surface area contributed by atoms with Crippen LogP contribution in [0, 0.1) is 0 Å². The third-order valence-corrected chi connectivity index (χ3v) is 4.01. The van der Waals surface area contributed by atoms with Gasteiger partial charge in [0.15, 0.2) is 0 Å². The van der Waals surface area contributed by atoms with E-state index in [9.17, 15) is 9.59 Å². The van der Waals surface area contributed by atoms with Crippen LogP contribution in [0.15, 0.2) is 30.3 Å². The largest absolute Gasteiger partial charge is 0.445 e. The average Bonchev–Trinajstić information content (AvgIpc) is 3.07. The maximum Gasteiger partial charge on any atom is 0.410 e. The number of carbonyl (C=O) groups excluding carboxylic acids is 2. The third-order valence-electron chi connectivity index (χ3n) is 4.01. The summed E-state index contributed by atoms with van der Waals surface area (Å²) >= 11 is 0. The van der Waals surface area contributed by atoms with Gasteiger partial charge in [-0.25, -0.2) is 4.79 Å². The average molecular weight is 320 g/mol. The van der Waals surface area contributed by atoms with Gasteiger partial charge in [0.05, 0.1) is 0 Å². The highest BCUT2D eigenvalue weighted by Crippen LogP contribution is 2.20. The van der Waals surface area contributed by atoms with Gasteiger partial charge in [0.1, 0.15) is 12.6 Å². The van der Waals surface area contributed by atoms with E-state index in [4.69, 9.17) is 9.84 Å². The Hall–Kier alpha value is -2.08. The molecule has 0 saturated carbocycles. The number of likely N-dealkylation sites (N-methyl/N-ethyl adjacent to an activating group) is 1. The minimum Gasteiger partial charge on any atom is -0.445 e. The molecule has 6 heteroatoms. The van der Waals surface area contributed by atoms with Crippen LogP contribution in [-0.2, 0) is 16.1 Å². The normalized spacial score (nSPS) is 17.1. The molecule has 0 spiro atoms. The summed E-state index contributed by atoms with van der Waals surface area (Å²) in [4.78, 5) is 27.8. The van der Waals surface area contributed by atoms with E-state index in [1.807, 2.05) is 30.3 Å². The van der Waals surface area contributed by atoms with E-state index >= 15 is 0 Å². The van der Waals surface area contributed by atoms with Gasteiger partial charge in [0.25, 0.3) is 0 Å². The fourth-order valence-electron chi connectivity index (χ4n) is 2.72. The van der Waals surface area contributed by atoms with E-state index < -0.39 is 12.1 Å². The number of benzene rings is 1. The standard InChI is InChI=1S/C17H24N2O4/c1-18(10-6-12-20)16(21)15-9-5-11-19(15)17(22)23-13-14-7-3-2-4-8-14/h2-4,7-8,15,20H,5-6,9-13H2,1H3/t15-/m0/s1. The predicted octanol–water partition coefficient (Wildman–Crippen LogP) is 1.63. The molecule has 23 heavy (non-hydrogen) atoms. The van der Waals surface area contributed by atoms with E-state index in [0.29, 0.717) is 25.9 Å². The van der Waals surface area contributed by atoms with Gasteiger partial charge in [0.2, 0.25) is 5.91 Å². The van der Waals surface area contributed by atoms with Gasteiger partial charge < -0.3 is 14.7 Å². The number of hydrogen-bond donors (Lipinski definition) is 1. The Bertz CT molecular complexity index is 521. The molecule has 0 bridgehead atoms. The zero-order valence-corrected chi connectivity index (χ0v) is 13.5. The van der Waals surface area contributed by atoms with Crippen molar-refractivity contribution in [1.29, 1.82) is 0 Å². The molecule has 6 nitrogen and oxygen atoms in total. The zero-order valence-electron chi connectivity index (χ0n) is 13.5. The van der Waals surface area contributed by atoms with E-state index in [0.717, 1.165) is 12.0 Å². The molecule has 1 heterocycles. The molecule has 1 saturated heterocycles. The molecule has 1 atom stereocenters. The number of likely N-dealkylation sites (tertiary alicyclic amines) is 1. The Kier molecular flexibility index (Phi) is 6.40. The summed E-state index contributed by atoms with van der Waals surface area (Å²) < 4.78 is 5.33. The fraction of sp³-hybridized carbons (Fsp3) is 0.529. The van der Waals surface area contributed by atoms with Gasteiger partial charge >= 0.3 is 6.09 Å². The maximum atomic E-state index is 12.4. The van der Waals surface area contributed by atoms with Crippen molar-refractivity contribution in [1.82, 2.24) is 9.80 Å². The molecule has 0 unspecified atom stereocenters. The lowest BCUT2D eigenvalue weighted by atomic mass is 10.2. The molecule has 126 valence electrons. The van der Waals surface area contributed by atoms with E-state index in [1.54, 1.807) is 11.9 Å². The number of ether oxygens (including phenoxy) is 1. The fourth-order valence-corrected chi connectivity index (χ4v) is 2.72. The predicted molar refractivity (Wildman–Crippen MR) is 85.7 cm³/mol. The topological polar surface area (TPSA) is 70.1 Å². The molecule has 2 amide bonds. The Morgan fingerprint density at radius 3 is 2.78 bits per heavy atom. The number of nitrogens with zero attached hydrogens (tertiary/aromatic N) is 2. The molecule has 1 aromatic rings. The lowest BCUT2D eigenvalue weighted by Gasteiger charge is -2.27. The number of carbonyl (C=O) groups is 2. The van der Waals surface area contributed by atoms with Crippen molar-refractivity contribution in [2.24, 2.45) is 0 Å². The van der Waals surface area contributed by atoms with Crippen LogP contribution in [-0.4, -0.2) is 59.7 Å². The van der Waals surface area contributed by atoms with Crippen molar-refractivity contribution in [3.8, 4) is 0 Å². The number of rotatable bonds is 6. The van der Waals surface area contributed by atoms with Crippen molar-refractivity contribution in [3.63, 3.8) is 0 Å². The minimum atomic E-state index is -0.457. The van der Waals surface area contributed by atoms with Crippen LogP contribution < -0.4 is 0 Å². The first-order chi connectivity index (χ1) is 11.1. The molecular weight excluding hydrogens is 296 g/mol. The van der Waals surface area contributed by atoms with Gasteiger partial charge in [-0.15, -0.1) is 0 Å². The Balaban J connectivity index is 1.89. The van der Waals surface area contributed by atoms with Crippen LogP contribution in [0.5, 0.6) is 0 Å². The molecule has 1 aliphatic heterocycles. The summed E-state index contributed by atoms with van der Waals surface area (Å²) in [6.45, 7) is 1.28. The Morgan fingerprint density at radius 2 is 2.09 bits per heavy atom. The second-order valence-electron chi connectivity index (χ2n) is 5.73. The number of aliphatic hydroxyl groups excluding tert-OH is 1. The first-order valence-corrected chi connectivity index (χ1v) is 7.96. The molecule has 0 aromatic heterocycles. The van der Waals surface area contributed by atoms with Gasteiger partial charge in [-0.3, -0.25) is 9.69 Å². The molecule has 1 aromatic carbocycles. The zero-order chi connectivity index (χ0) is 16.7. The van der Waals surface area contributed by atoms with Crippen LogP contribution in [0.1, 0.15) is 24.8 Å². The summed E-state index contributed by atoms with van der Waals surface area (Å²) in [5, 5.41) is 8.86. The first kappa shape index (κ1) is 17.3. The maximum absolute atomic E-state index is 12.4. The quantitative estimate of drug-likeness (QED) is 0.865. The number of aliphatic hydroxyl groups is 1. The van der Waals surface area contributed by atoms with E-state index in [-0.39, 0.29) is 19.1 Å². The van der Waals surface area contributed by atoms with Crippen LogP contribution >= 0.6 is 0 Å². The molecular formula is C17H24N2O4. The van der Waals surface area contributed by atoms with Crippen LogP contribution in [0.2, 0.25) is 0 Å². The van der Waals surface area contributed by atoms with Crippen molar-refractivity contribution in [2.75, 3.05) is 26.7 Å². The molecule has 1 fully saturated rings. The Labute approximate surface area is 136 Å². The molecule has 1 aliphatic rings. The van der Waals surface area contributed by atoms with Gasteiger partial charge in [0, 0.05) is 26.7 Å². The van der Waals surface area contributed by atoms with Crippen molar-refractivity contribution >= 4 is 12.0 Å². The van der Waals surface area contributed by atoms with Crippen molar-refractivity contribution < 1.29 is 19.4 Å². The summed E-state index contributed by atoms with van der Waals surface area (Å²) in [5.74, 6) is -0.0902. The van der Waals surface area contributed by atoms with Crippen LogP contribution in [0.4, 0.5) is 4.79 Å². The summed E-state index contributed by atoms with van der Waals surface area (Å²) in [6, 6.07) is 9.01. The monoisotopic (exact) mass is 320 g/mol. The van der Waals surface area contributed by atoms with Crippen LogP contribution in [0.25, 0.3) is 0 Å². The van der Waals surface area contributed by atoms with E-state index in [1.165, 1.54) is 4.90 Å². The second kappa shape index (κ2) is 8.53. The SMILES string of the molecule is CN(CCCO)C(=O)[C@@H]1CCCN1C(=O)OCc1ccccc1. The van der Waals surface area contributed by atoms with Crippen molar-refractivity contribution in [3.05, 3.63) is 35.9 Å². The van der Waals surface area contributed by atoms with Crippen molar-refractivity contribution in [2.45, 2.75) is 31.9 Å². The third kappa shape index (κ3) is 4.69. The molecule has 1 N–H and O–H groups in total. The molecule has 2 rings (SSSR count). The Morgan fingerprint density at radius 1 is 1.35 bits per heavy atom. The minimum absolute atomic E-state index is 0.0467. The lowest BCUT2D eigenvalue weighted by Crippen LogP contribution is -2.47. The summed E-state index contributed by atoms with van der Waals surface area (Å²) in [5.41, 5.74) is 0.919. The molecule has 0 aliphatic carbocycles. The highest BCUT2D eigenvalue weighted by Gasteiger charge is 2.36. The number of hydrogen-bond acceptors (Lipinski definition) is 4. The smallest absolute Gasteiger partial charge is 0.410 e. The summed E-state index contributed by atoms with van der Waals surface area (Å²) in [7, 11) is 1.70. The van der Waals surface area contributed by atoms with Gasteiger partial charge in [-0.05, 0) is 24.8 Å². The highest BCUT2D eigenvalue weighted by atomic mass is 16.6.